The Kier molecular flexibility index (Phi) is 5.40. The third-order valence-corrected chi connectivity index (χ3v) is 5.49. The fourth-order valence-electron chi connectivity index (χ4n) is 3.87. The van der Waals surface area contributed by atoms with Crippen molar-refractivity contribution in [2.75, 3.05) is 39.5 Å². The highest BCUT2D eigenvalue weighted by molar-refractivity contribution is 5.86. The molecule has 1 aliphatic heterocycles. The van der Waals surface area contributed by atoms with E-state index in [1.54, 1.807) is 18.2 Å². The van der Waals surface area contributed by atoms with Crippen molar-refractivity contribution in [1.82, 2.24) is 19.9 Å². The molecule has 0 atom stereocenters. The molecule has 0 saturated carbocycles. The average Bonchev–Trinajstić information content (AvgIpc) is 3.20. The molecule has 1 saturated heterocycles. The van der Waals surface area contributed by atoms with Gasteiger partial charge in [0, 0.05) is 36.6 Å². The Bertz CT molecular complexity index is 1280. The third kappa shape index (κ3) is 4.30. The monoisotopic (exact) mass is 422 g/mol. The lowest BCUT2D eigenvalue weighted by Crippen LogP contribution is -2.37. The number of hydrogen-bond acceptors (Lipinski definition) is 5. The average molecular weight is 422 g/mol. The molecule has 0 spiro atoms. The number of nitrogens with zero attached hydrogens (tertiary/aromatic N) is 2. The topological polar surface area (TPSA) is 83.2 Å². The van der Waals surface area contributed by atoms with Gasteiger partial charge in [-0.3, -0.25) is 9.69 Å². The van der Waals surface area contributed by atoms with Gasteiger partial charge < -0.3 is 19.4 Å². The summed E-state index contributed by atoms with van der Waals surface area (Å²) in [5.41, 5.74) is 2.51. The maximum atomic E-state index is 13.5. The summed E-state index contributed by atoms with van der Waals surface area (Å²) in [6.45, 7) is 5.11. The summed E-state index contributed by atoms with van der Waals surface area (Å²) in [5.74, 6) is 0.372. The van der Waals surface area contributed by atoms with E-state index in [9.17, 15) is 9.18 Å². The van der Waals surface area contributed by atoms with Crippen LogP contribution in [0.3, 0.4) is 0 Å². The molecule has 2 aromatic carbocycles. The molecular weight excluding hydrogens is 399 g/mol. The highest BCUT2D eigenvalue weighted by Crippen LogP contribution is 2.24. The van der Waals surface area contributed by atoms with Gasteiger partial charge >= 0.3 is 0 Å². The molecule has 2 aromatic heterocycles. The van der Waals surface area contributed by atoms with Crippen LogP contribution in [0.25, 0.3) is 33.3 Å². The molecule has 4 aromatic rings. The van der Waals surface area contributed by atoms with Crippen molar-refractivity contribution in [3.63, 3.8) is 0 Å². The Morgan fingerprint density at radius 2 is 1.94 bits per heavy atom. The molecular formula is C23H23FN4O3. The Balaban J connectivity index is 1.31. The third-order valence-electron chi connectivity index (χ3n) is 5.49. The summed E-state index contributed by atoms with van der Waals surface area (Å²) < 4.78 is 24.7. The van der Waals surface area contributed by atoms with Crippen molar-refractivity contribution in [1.29, 1.82) is 0 Å². The lowest BCUT2D eigenvalue weighted by molar-refractivity contribution is 0.0358. The van der Waals surface area contributed by atoms with E-state index >= 15 is 0 Å². The number of aromatic amines is 2. The van der Waals surface area contributed by atoms with Crippen molar-refractivity contribution in [3.05, 3.63) is 58.6 Å². The van der Waals surface area contributed by atoms with Gasteiger partial charge in [0.1, 0.15) is 11.6 Å². The molecule has 160 valence electrons. The second kappa shape index (κ2) is 8.49. The van der Waals surface area contributed by atoms with Crippen LogP contribution in [0.2, 0.25) is 0 Å². The summed E-state index contributed by atoms with van der Waals surface area (Å²) in [6, 6.07) is 11.7. The highest BCUT2D eigenvalue weighted by atomic mass is 19.1. The van der Waals surface area contributed by atoms with Gasteiger partial charge in [0.15, 0.2) is 5.69 Å². The van der Waals surface area contributed by atoms with E-state index in [1.165, 1.54) is 12.1 Å². The highest BCUT2D eigenvalue weighted by Gasteiger charge is 2.12. The standard InChI is InChI=1S/C23H23FN4O3/c24-16-2-4-18-15(12-16)13-21(25-18)22-23(29)27-20-14-17(3-5-19(20)26-22)31-9-1-6-28-7-10-30-11-8-28/h2-5,12-14,25H,1,6-11H2,(H,27,29). The van der Waals surface area contributed by atoms with Crippen LogP contribution < -0.4 is 10.3 Å². The van der Waals surface area contributed by atoms with Crippen LogP contribution in [-0.2, 0) is 4.74 Å². The van der Waals surface area contributed by atoms with E-state index in [1.807, 2.05) is 12.1 Å². The van der Waals surface area contributed by atoms with Crippen molar-refractivity contribution in [2.24, 2.45) is 0 Å². The number of halogens is 1. The molecule has 2 N–H and O–H groups in total. The lowest BCUT2D eigenvalue weighted by Gasteiger charge is -2.26. The molecule has 5 rings (SSSR count). The van der Waals surface area contributed by atoms with Gasteiger partial charge in [-0.05, 0) is 42.8 Å². The summed E-state index contributed by atoms with van der Waals surface area (Å²) in [6.07, 6.45) is 0.923. The lowest BCUT2D eigenvalue weighted by atomic mass is 10.2. The maximum Gasteiger partial charge on any atom is 0.276 e. The molecule has 0 unspecified atom stereocenters. The normalized spacial score (nSPS) is 15.0. The quantitative estimate of drug-likeness (QED) is 0.466. The predicted octanol–water partition coefficient (Wildman–Crippen LogP) is 3.31. The van der Waals surface area contributed by atoms with Crippen LogP contribution >= 0.6 is 0 Å². The summed E-state index contributed by atoms with van der Waals surface area (Å²) in [4.78, 5) is 25.6. The molecule has 8 heteroatoms. The van der Waals surface area contributed by atoms with E-state index in [0.717, 1.165) is 44.8 Å². The number of morpholine rings is 1. The minimum Gasteiger partial charge on any atom is -0.493 e. The number of fused-ring (bicyclic) bond motifs is 2. The zero-order chi connectivity index (χ0) is 21.2. The van der Waals surface area contributed by atoms with Crippen LogP contribution in [0.5, 0.6) is 5.75 Å². The SMILES string of the molecule is O=c1[nH]c2cc(OCCCN3CCOCC3)ccc2nc1-c1cc2cc(F)ccc2[nH]1. The maximum absolute atomic E-state index is 13.5. The van der Waals surface area contributed by atoms with Crippen molar-refractivity contribution >= 4 is 21.9 Å². The Morgan fingerprint density at radius 3 is 2.81 bits per heavy atom. The number of hydrogen-bond donors (Lipinski definition) is 2. The van der Waals surface area contributed by atoms with Gasteiger partial charge in [0.25, 0.3) is 5.56 Å². The van der Waals surface area contributed by atoms with E-state index in [4.69, 9.17) is 9.47 Å². The largest absolute Gasteiger partial charge is 0.493 e. The zero-order valence-electron chi connectivity index (χ0n) is 17.0. The van der Waals surface area contributed by atoms with E-state index < -0.39 is 0 Å². The number of rotatable bonds is 6. The molecule has 1 aliphatic rings. The molecule has 0 aliphatic carbocycles. The number of benzene rings is 2. The number of nitrogens with one attached hydrogen (secondary N) is 2. The second-order valence-corrected chi connectivity index (χ2v) is 7.66. The zero-order valence-corrected chi connectivity index (χ0v) is 17.0. The first-order valence-electron chi connectivity index (χ1n) is 10.4. The molecule has 3 heterocycles. The molecule has 0 amide bonds. The summed E-state index contributed by atoms with van der Waals surface area (Å²) in [7, 11) is 0. The number of H-pyrrole nitrogens is 2. The van der Waals surface area contributed by atoms with Gasteiger partial charge in [-0.1, -0.05) is 0 Å². The Labute approximate surface area is 177 Å². The van der Waals surface area contributed by atoms with Crippen LogP contribution in [-0.4, -0.2) is 59.3 Å². The van der Waals surface area contributed by atoms with Crippen LogP contribution in [0, 0.1) is 5.82 Å². The van der Waals surface area contributed by atoms with Crippen molar-refractivity contribution in [2.45, 2.75) is 6.42 Å². The number of aromatic nitrogens is 3. The molecule has 31 heavy (non-hydrogen) atoms. The van der Waals surface area contributed by atoms with E-state index in [-0.39, 0.29) is 17.1 Å². The van der Waals surface area contributed by atoms with E-state index in [0.29, 0.717) is 34.5 Å². The van der Waals surface area contributed by atoms with Crippen LogP contribution in [0.4, 0.5) is 4.39 Å². The molecule has 0 bridgehead atoms. The first-order chi connectivity index (χ1) is 15.2. The smallest absolute Gasteiger partial charge is 0.276 e. The minimum absolute atomic E-state index is 0.267. The van der Waals surface area contributed by atoms with Crippen molar-refractivity contribution < 1.29 is 13.9 Å². The predicted molar refractivity (Wildman–Crippen MR) is 117 cm³/mol. The molecule has 7 nitrogen and oxygen atoms in total. The summed E-state index contributed by atoms with van der Waals surface area (Å²) >= 11 is 0. The van der Waals surface area contributed by atoms with E-state index in [2.05, 4.69) is 19.9 Å². The van der Waals surface area contributed by atoms with Gasteiger partial charge in [0.05, 0.1) is 36.5 Å². The van der Waals surface area contributed by atoms with Crippen LogP contribution in [0.15, 0.2) is 47.3 Å². The van der Waals surface area contributed by atoms with Crippen molar-refractivity contribution in [3.8, 4) is 17.1 Å². The minimum atomic E-state index is -0.323. The first kappa shape index (κ1) is 19.7. The molecule has 1 fully saturated rings. The van der Waals surface area contributed by atoms with Gasteiger partial charge in [0.2, 0.25) is 0 Å². The van der Waals surface area contributed by atoms with Gasteiger partial charge in [-0.25, -0.2) is 9.37 Å². The fraction of sp³-hybridized carbons (Fsp3) is 0.304. The van der Waals surface area contributed by atoms with Crippen LogP contribution in [0.1, 0.15) is 6.42 Å². The Hall–Kier alpha value is -3.23. The first-order valence-corrected chi connectivity index (χ1v) is 10.4. The van der Waals surface area contributed by atoms with Gasteiger partial charge in [-0.15, -0.1) is 0 Å². The number of ether oxygens (including phenoxy) is 2. The van der Waals surface area contributed by atoms with Gasteiger partial charge in [-0.2, -0.15) is 0 Å². The fourth-order valence-corrected chi connectivity index (χ4v) is 3.87. The molecule has 0 radical (unpaired) electrons. The second-order valence-electron chi connectivity index (χ2n) is 7.66. The summed E-state index contributed by atoms with van der Waals surface area (Å²) in [5, 5.41) is 0.692. The Morgan fingerprint density at radius 1 is 1.06 bits per heavy atom.